The number of carboxylic acid groups (broad SMARTS) is 1. The monoisotopic (exact) mass is 587 g/mol. The van der Waals surface area contributed by atoms with E-state index in [4.69, 9.17) is 46.4 Å². The third-order valence-corrected chi connectivity index (χ3v) is 8.42. The van der Waals surface area contributed by atoms with Gasteiger partial charge in [-0.1, -0.05) is 92.5 Å². The number of carbonyl (C=O) groups excluding carboxylic acids is 2. The van der Waals surface area contributed by atoms with E-state index < -0.39 is 34.8 Å². The van der Waals surface area contributed by atoms with Gasteiger partial charge in [0.2, 0.25) is 0 Å². The van der Waals surface area contributed by atoms with Gasteiger partial charge in [0, 0.05) is 5.41 Å². The lowest BCUT2D eigenvalue weighted by Gasteiger charge is -2.51. The zero-order valence-electron chi connectivity index (χ0n) is 20.7. The molecule has 37 heavy (non-hydrogen) atoms. The summed E-state index contributed by atoms with van der Waals surface area (Å²) in [6.07, 6.45) is 4.11. The molecule has 3 rings (SSSR count). The molecule has 0 radical (unpaired) electrons. The van der Waals surface area contributed by atoms with Crippen LogP contribution in [0.1, 0.15) is 63.2 Å². The first-order valence-corrected chi connectivity index (χ1v) is 13.3. The van der Waals surface area contributed by atoms with Crippen molar-refractivity contribution in [3.05, 3.63) is 56.0 Å². The minimum atomic E-state index is -1.15. The van der Waals surface area contributed by atoms with Gasteiger partial charge in [-0.15, -0.1) is 0 Å². The zero-order chi connectivity index (χ0) is 27.5. The molecule has 1 saturated carbocycles. The second-order valence-corrected chi connectivity index (χ2v) is 11.8. The number of hydrogen-bond donors (Lipinski definition) is 4. The number of rotatable bonds is 6. The van der Waals surface area contributed by atoms with Gasteiger partial charge in [-0.3, -0.25) is 4.79 Å². The minimum absolute atomic E-state index is 0.0326. The molecule has 0 unspecified atom stereocenters. The lowest BCUT2D eigenvalue weighted by atomic mass is 9.55. The van der Waals surface area contributed by atoms with Gasteiger partial charge in [-0.25, -0.2) is 9.59 Å². The number of carboxylic acids is 1. The lowest BCUT2D eigenvalue weighted by Crippen LogP contribution is -2.58. The molecule has 0 aliphatic heterocycles. The molecule has 2 aromatic rings. The summed E-state index contributed by atoms with van der Waals surface area (Å²) in [6, 6.07) is 5.47. The average Bonchev–Trinajstić information content (AvgIpc) is 2.81. The number of nitrogens with one attached hydrogen (secondary N) is 3. The summed E-state index contributed by atoms with van der Waals surface area (Å²) in [5.41, 5.74) is -0.874. The number of anilines is 2. The maximum Gasteiger partial charge on any atom is 0.326 e. The van der Waals surface area contributed by atoms with E-state index in [0.717, 1.165) is 19.3 Å². The van der Waals surface area contributed by atoms with Crippen LogP contribution in [0.5, 0.6) is 0 Å². The highest BCUT2D eigenvalue weighted by Crippen LogP contribution is 2.52. The number of para-hydroxylation sites is 1. The van der Waals surface area contributed by atoms with E-state index in [1.807, 2.05) is 20.8 Å². The minimum Gasteiger partial charge on any atom is -0.480 e. The summed E-state index contributed by atoms with van der Waals surface area (Å²) < 4.78 is 0. The Morgan fingerprint density at radius 1 is 0.892 bits per heavy atom. The number of benzene rings is 2. The fourth-order valence-corrected chi connectivity index (χ4v) is 5.84. The van der Waals surface area contributed by atoms with E-state index in [9.17, 15) is 19.5 Å². The van der Waals surface area contributed by atoms with Crippen LogP contribution < -0.4 is 16.0 Å². The highest BCUT2D eigenvalue weighted by molar-refractivity contribution is 6.42. The van der Waals surface area contributed by atoms with Crippen molar-refractivity contribution in [1.82, 2.24) is 5.32 Å². The third kappa shape index (κ3) is 6.45. The van der Waals surface area contributed by atoms with E-state index in [-0.39, 0.29) is 37.0 Å². The van der Waals surface area contributed by atoms with Crippen LogP contribution >= 0.6 is 46.4 Å². The molecule has 1 aliphatic rings. The van der Waals surface area contributed by atoms with Crippen LogP contribution in [0.3, 0.4) is 0 Å². The highest BCUT2D eigenvalue weighted by atomic mass is 35.5. The summed E-state index contributed by atoms with van der Waals surface area (Å²) in [7, 11) is 0. The van der Waals surface area contributed by atoms with Gasteiger partial charge < -0.3 is 21.1 Å². The normalized spacial score (nSPS) is 16.0. The Labute approximate surface area is 236 Å². The molecule has 0 saturated heterocycles. The van der Waals surface area contributed by atoms with Crippen LogP contribution in [0.4, 0.5) is 16.2 Å². The van der Waals surface area contributed by atoms with Crippen LogP contribution in [-0.2, 0) is 4.79 Å². The average molecular weight is 589 g/mol. The Hall–Kier alpha value is -2.19. The predicted molar refractivity (Wildman–Crippen MR) is 149 cm³/mol. The van der Waals surface area contributed by atoms with Crippen molar-refractivity contribution in [2.45, 2.75) is 58.9 Å². The van der Waals surface area contributed by atoms with E-state index >= 15 is 0 Å². The van der Waals surface area contributed by atoms with Crippen LogP contribution in [0, 0.1) is 10.8 Å². The maximum atomic E-state index is 13.5. The summed E-state index contributed by atoms with van der Waals surface area (Å²) in [5, 5.41) is 18.7. The molecule has 11 heteroatoms. The molecule has 4 N–H and O–H groups in total. The van der Waals surface area contributed by atoms with Gasteiger partial charge in [-0.05, 0) is 42.5 Å². The number of urea groups is 1. The lowest BCUT2D eigenvalue weighted by molar-refractivity contribution is -0.148. The number of halogens is 4. The molecular weight excluding hydrogens is 560 g/mol. The molecule has 2 aromatic carbocycles. The summed E-state index contributed by atoms with van der Waals surface area (Å²) in [6.45, 7) is 5.99. The Morgan fingerprint density at radius 2 is 1.46 bits per heavy atom. The SMILES string of the molecule is CC(C)(C)C1([C@H](NC(=O)c2cc(Cl)c(Cl)cc2NC(=O)Nc2c(Cl)cccc2Cl)C(=O)O)CCCCC1. The van der Waals surface area contributed by atoms with Crippen LogP contribution in [0.2, 0.25) is 20.1 Å². The number of carbonyl (C=O) groups is 3. The fraction of sp³-hybridized carbons (Fsp3) is 0.423. The smallest absolute Gasteiger partial charge is 0.326 e. The summed E-state index contributed by atoms with van der Waals surface area (Å²) in [4.78, 5) is 38.8. The quantitative estimate of drug-likeness (QED) is 0.273. The van der Waals surface area contributed by atoms with Crippen LogP contribution in [0.25, 0.3) is 0 Å². The van der Waals surface area contributed by atoms with Crippen LogP contribution in [-0.4, -0.2) is 29.1 Å². The highest BCUT2D eigenvalue weighted by Gasteiger charge is 2.52. The first-order valence-electron chi connectivity index (χ1n) is 11.8. The van der Waals surface area contributed by atoms with Crippen molar-refractivity contribution >= 4 is 75.7 Å². The standard InChI is InChI=1S/C26H29Cl4N3O4/c1-25(2,3)26(10-5-4-6-11-26)21(23(35)36)33-22(34)14-12-17(29)18(30)13-19(14)31-24(37)32-20-15(27)8-7-9-16(20)28/h7-9,12-13,21H,4-6,10-11H2,1-3H3,(H,33,34)(H,35,36)(H2,31,32,37)/t21-/m1/s1. The molecule has 1 aliphatic carbocycles. The maximum absolute atomic E-state index is 13.5. The van der Waals surface area contributed by atoms with Gasteiger partial charge in [0.05, 0.1) is 37.0 Å². The Bertz CT molecular complexity index is 1190. The van der Waals surface area contributed by atoms with Crippen molar-refractivity contribution in [2.24, 2.45) is 10.8 Å². The molecule has 0 heterocycles. The number of amides is 3. The van der Waals surface area contributed by atoms with E-state index in [1.165, 1.54) is 12.1 Å². The molecule has 0 bridgehead atoms. The Balaban J connectivity index is 1.93. The molecule has 0 spiro atoms. The van der Waals surface area contributed by atoms with Crippen molar-refractivity contribution in [1.29, 1.82) is 0 Å². The predicted octanol–water partition coefficient (Wildman–Crippen LogP) is 8.12. The van der Waals surface area contributed by atoms with Gasteiger partial charge in [-0.2, -0.15) is 0 Å². The topological polar surface area (TPSA) is 108 Å². The largest absolute Gasteiger partial charge is 0.480 e. The van der Waals surface area contributed by atoms with Gasteiger partial charge >= 0.3 is 12.0 Å². The zero-order valence-corrected chi connectivity index (χ0v) is 23.7. The third-order valence-electron chi connectivity index (χ3n) is 7.07. The Kier molecular flexibility index (Phi) is 9.27. The van der Waals surface area contributed by atoms with Gasteiger partial charge in [0.15, 0.2) is 0 Å². The molecule has 1 atom stereocenters. The van der Waals surface area contributed by atoms with Crippen molar-refractivity contribution in [3.8, 4) is 0 Å². The second kappa shape index (κ2) is 11.7. The molecule has 1 fully saturated rings. The second-order valence-electron chi connectivity index (χ2n) is 10.2. The molecular formula is C26H29Cl4N3O4. The molecule has 200 valence electrons. The Morgan fingerprint density at radius 3 is 2.00 bits per heavy atom. The van der Waals surface area contributed by atoms with E-state index in [1.54, 1.807) is 18.2 Å². The van der Waals surface area contributed by atoms with Gasteiger partial charge in [0.1, 0.15) is 6.04 Å². The van der Waals surface area contributed by atoms with Crippen molar-refractivity contribution in [3.63, 3.8) is 0 Å². The molecule has 7 nitrogen and oxygen atoms in total. The number of aliphatic carboxylic acids is 1. The first kappa shape index (κ1) is 29.4. The van der Waals surface area contributed by atoms with Crippen molar-refractivity contribution in [2.75, 3.05) is 10.6 Å². The first-order chi connectivity index (χ1) is 17.3. The van der Waals surface area contributed by atoms with Crippen LogP contribution in [0.15, 0.2) is 30.3 Å². The summed E-state index contributed by atoms with van der Waals surface area (Å²) in [5.74, 6) is -1.82. The van der Waals surface area contributed by atoms with Crippen molar-refractivity contribution < 1.29 is 19.5 Å². The fourth-order valence-electron chi connectivity index (χ4n) is 5.02. The molecule has 3 amide bonds. The van der Waals surface area contributed by atoms with E-state index in [0.29, 0.717) is 12.8 Å². The molecule has 0 aromatic heterocycles. The van der Waals surface area contributed by atoms with Gasteiger partial charge in [0.25, 0.3) is 5.91 Å². The van der Waals surface area contributed by atoms with E-state index in [2.05, 4.69) is 16.0 Å². The number of hydrogen-bond acceptors (Lipinski definition) is 3. The summed E-state index contributed by atoms with van der Waals surface area (Å²) >= 11 is 24.6.